The highest BCUT2D eigenvalue weighted by Gasteiger charge is 2.34. The fraction of sp³-hybridized carbons (Fsp3) is 0.625. The van der Waals surface area contributed by atoms with E-state index in [0.29, 0.717) is 11.2 Å². The summed E-state index contributed by atoms with van der Waals surface area (Å²) in [6, 6.07) is 0. The molecule has 2 aromatic heterocycles. The number of aromatic nitrogens is 4. The van der Waals surface area contributed by atoms with Crippen molar-refractivity contribution in [1.29, 1.82) is 0 Å². The number of aliphatic hydroxyl groups is 1. The number of amides is 1. The van der Waals surface area contributed by atoms with Crippen molar-refractivity contribution < 1.29 is 19.4 Å². The number of aliphatic hydroxyl groups excluding tert-OH is 1. The van der Waals surface area contributed by atoms with Crippen LogP contribution < -0.4 is 5.32 Å². The summed E-state index contributed by atoms with van der Waals surface area (Å²) in [7, 11) is 0. The molecule has 0 saturated carbocycles. The normalized spacial score (nSPS) is 23.4. The summed E-state index contributed by atoms with van der Waals surface area (Å²) < 4.78 is 12.8. The molecule has 1 fully saturated rings. The lowest BCUT2D eigenvalue weighted by Crippen LogP contribution is -2.27. The second-order valence-corrected chi connectivity index (χ2v) is 7.67. The van der Waals surface area contributed by atoms with Gasteiger partial charge in [0, 0.05) is 5.92 Å². The molecule has 142 valence electrons. The van der Waals surface area contributed by atoms with Gasteiger partial charge in [0.1, 0.15) is 11.8 Å². The van der Waals surface area contributed by atoms with E-state index in [9.17, 15) is 9.90 Å². The molecule has 0 radical (unpaired) electrons. The zero-order chi connectivity index (χ0) is 19.1. The van der Waals surface area contributed by atoms with Crippen LogP contribution >= 0.6 is 11.6 Å². The molecule has 9 nitrogen and oxygen atoms in total. The van der Waals surface area contributed by atoms with Crippen molar-refractivity contribution >= 4 is 34.7 Å². The van der Waals surface area contributed by atoms with E-state index in [1.807, 2.05) is 6.92 Å². The molecule has 1 aliphatic heterocycles. The number of imidazole rings is 1. The topological polar surface area (TPSA) is 111 Å². The Hall–Kier alpha value is -1.97. The summed E-state index contributed by atoms with van der Waals surface area (Å²) in [5.74, 6) is 0.318. The Labute approximate surface area is 155 Å². The first-order valence-corrected chi connectivity index (χ1v) is 8.72. The average molecular weight is 384 g/mol. The van der Waals surface area contributed by atoms with Gasteiger partial charge in [-0.3, -0.25) is 9.88 Å². The van der Waals surface area contributed by atoms with Crippen molar-refractivity contribution in [3.8, 4) is 0 Å². The van der Waals surface area contributed by atoms with Gasteiger partial charge in [0.25, 0.3) is 0 Å². The van der Waals surface area contributed by atoms with E-state index in [2.05, 4.69) is 20.3 Å². The Morgan fingerprint density at radius 2 is 2.23 bits per heavy atom. The van der Waals surface area contributed by atoms with E-state index >= 15 is 0 Å². The summed E-state index contributed by atoms with van der Waals surface area (Å²) in [6.07, 6.45) is 1.06. The molecular formula is C16H22ClN5O4. The molecule has 2 N–H and O–H groups in total. The Morgan fingerprint density at radius 3 is 2.85 bits per heavy atom. The number of anilines is 1. The maximum atomic E-state index is 12.1. The highest BCUT2D eigenvalue weighted by Crippen LogP contribution is 2.36. The van der Waals surface area contributed by atoms with E-state index in [0.717, 1.165) is 6.42 Å². The minimum atomic E-state index is -0.658. The van der Waals surface area contributed by atoms with Crippen LogP contribution in [0.5, 0.6) is 0 Å². The number of fused-ring (bicyclic) bond motifs is 1. The number of carbonyl (C=O) groups is 1. The van der Waals surface area contributed by atoms with Crippen molar-refractivity contribution in [3.05, 3.63) is 11.6 Å². The monoisotopic (exact) mass is 383 g/mol. The van der Waals surface area contributed by atoms with Crippen molar-refractivity contribution in [2.24, 2.45) is 5.92 Å². The van der Waals surface area contributed by atoms with Crippen LogP contribution in [0.4, 0.5) is 10.6 Å². The number of halogens is 1. The van der Waals surface area contributed by atoms with Crippen LogP contribution in [0.15, 0.2) is 6.33 Å². The molecule has 1 aliphatic rings. The van der Waals surface area contributed by atoms with Gasteiger partial charge < -0.3 is 14.6 Å². The quantitative estimate of drug-likeness (QED) is 0.783. The zero-order valence-corrected chi connectivity index (χ0v) is 15.8. The first kappa shape index (κ1) is 18.8. The van der Waals surface area contributed by atoms with E-state index in [4.69, 9.17) is 21.1 Å². The minimum absolute atomic E-state index is 0.0327. The average Bonchev–Trinajstić information content (AvgIpc) is 3.08. The van der Waals surface area contributed by atoms with Gasteiger partial charge in [-0.2, -0.15) is 9.97 Å². The molecule has 0 bridgehead atoms. The first-order chi connectivity index (χ1) is 12.2. The molecule has 3 rings (SSSR count). The third-order valence-corrected chi connectivity index (χ3v) is 4.11. The summed E-state index contributed by atoms with van der Waals surface area (Å²) in [4.78, 5) is 24.6. The standard InChI is InChI=1S/C16H22ClN5O4/c1-8-5-9(6-23)25-13(8)22-7-18-10-11(19-14(17)21-12(10)22)20-15(24)26-16(2,3)4/h7-9,13,23H,5-6H2,1-4H3,(H,19,20,21,24). The van der Waals surface area contributed by atoms with Crippen molar-refractivity contribution in [2.45, 2.75) is 52.0 Å². The molecule has 1 saturated heterocycles. The maximum Gasteiger partial charge on any atom is 0.413 e. The molecule has 3 heterocycles. The van der Waals surface area contributed by atoms with Gasteiger partial charge in [0.15, 0.2) is 17.0 Å². The Bertz CT molecular complexity index is 819. The highest BCUT2D eigenvalue weighted by molar-refractivity contribution is 6.28. The molecule has 1 amide bonds. The van der Waals surface area contributed by atoms with Crippen LogP contribution in [0.2, 0.25) is 5.28 Å². The van der Waals surface area contributed by atoms with E-state index in [-0.39, 0.29) is 36.0 Å². The van der Waals surface area contributed by atoms with Gasteiger partial charge in [0.05, 0.1) is 19.0 Å². The van der Waals surface area contributed by atoms with Gasteiger partial charge in [-0.05, 0) is 38.8 Å². The van der Waals surface area contributed by atoms with Crippen molar-refractivity contribution in [1.82, 2.24) is 19.5 Å². The third kappa shape index (κ3) is 3.89. The summed E-state index contributed by atoms with van der Waals surface area (Å²) >= 11 is 6.03. The van der Waals surface area contributed by atoms with Crippen LogP contribution in [0.25, 0.3) is 11.2 Å². The van der Waals surface area contributed by atoms with E-state index < -0.39 is 11.7 Å². The zero-order valence-electron chi connectivity index (χ0n) is 15.1. The first-order valence-electron chi connectivity index (χ1n) is 8.34. The summed E-state index contributed by atoms with van der Waals surface area (Å²) in [6.45, 7) is 7.27. The van der Waals surface area contributed by atoms with Gasteiger partial charge in [-0.25, -0.2) is 9.78 Å². The summed E-state index contributed by atoms with van der Waals surface area (Å²) in [5, 5.41) is 11.9. The lowest BCUT2D eigenvalue weighted by molar-refractivity contribution is -0.0294. The number of nitrogens with one attached hydrogen (secondary N) is 1. The smallest absolute Gasteiger partial charge is 0.413 e. The van der Waals surface area contributed by atoms with Gasteiger partial charge in [0.2, 0.25) is 5.28 Å². The molecule has 3 unspecified atom stereocenters. The van der Waals surface area contributed by atoms with Crippen molar-refractivity contribution in [2.75, 3.05) is 11.9 Å². The lowest BCUT2D eigenvalue weighted by atomic mass is 10.1. The SMILES string of the molecule is CC1CC(CO)OC1n1cnc2c(NC(=O)OC(C)(C)C)nc(Cl)nc21. The van der Waals surface area contributed by atoms with E-state index in [1.54, 1.807) is 31.7 Å². The Morgan fingerprint density at radius 1 is 1.50 bits per heavy atom. The second kappa shape index (κ2) is 6.98. The Kier molecular flexibility index (Phi) is 5.05. The molecule has 2 aromatic rings. The van der Waals surface area contributed by atoms with Crippen LogP contribution in [0.3, 0.4) is 0 Å². The predicted molar refractivity (Wildman–Crippen MR) is 95.0 cm³/mol. The number of nitrogens with zero attached hydrogens (tertiary/aromatic N) is 4. The minimum Gasteiger partial charge on any atom is -0.444 e. The van der Waals surface area contributed by atoms with Crippen LogP contribution in [0, 0.1) is 5.92 Å². The van der Waals surface area contributed by atoms with Crippen molar-refractivity contribution in [3.63, 3.8) is 0 Å². The molecular weight excluding hydrogens is 362 g/mol. The van der Waals surface area contributed by atoms with Gasteiger partial charge in [-0.1, -0.05) is 6.92 Å². The molecule has 26 heavy (non-hydrogen) atoms. The maximum absolute atomic E-state index is 12.1. The lowest BCUT2D eigenvalue weighted by Gasteiger charge is -2.19. The molecule has 3 atom stereocenters. The number of hydrogen-bond donors (Lipinski definition) is 2. The molecule has 10 heteroatoms. The second-order valence-electron chi connectivity index (χ2n) is 7.34. The summed E-state index contributed by atoms with van der Waals surface area (Å²) in [5.41, 5.74) is 0.168. The molecule has 0 aliphatic carbocycles. The Balaban J connectivity index is 1.93. The number of ether oxygens (including phenoxy) is 2. The highest BCUT2D eigenvalue weighted by atomic mass is 35.5. The largest absolute Gasteiger partial charge is 0.444 e. The van der Waals surface area contributed by atoms with Gasteiger partial charge in [-0.15, -0.1) is 0 Å². The van der Waals surface area contributed by atoms with Gasteiger partial charge >= 0.3 is 6.09 Å². The fourth-order valence-corrected chi connectivity index (χ4v) is 3.10. The number of hydrogen-bond acceptors (Lipinski definition) is 7. The molecule has 0 aromatic carbocycles. The van der Waals surface area contributed by atoms with Crippen LogP contribution in [0.1, 0.15) is 40.3 Å². The molecule has 0 spiro atoms. The van der Waals surface area contributed by atoms with Crippen LogP contribution in [-0.2, 0) is 9.47 Å². The predicted octanol–water partition coefficient (Wildman–Crippen LogP) is 2.74. The number of carbonyl (C=O) groups excluding carboxylic acids is 1. The van der Waals surface area contributed by atoms with E-state index in [1.165, 1.54) is 0 Å². The number of rotatable bonds is 3. The van der Waals surface area contributed by atoms with Crippen LogP contribution in [-0.4, -0.2) is 49.0 Å². The fourth-order valence-electron chi connectivity index (χ4n) is 2.94. The third-order valence-electron chi connectivity index (χ3n) is 3.94.